The van der Waals surface area contributed by atoms with E-state index < -0.39 is 0 Å². The first kappa shape index (κ1) is 24.9. The van der Waals surface area contributed by atoms with Gasteiger partial charge in [0.2, 0.25) is 4.80 Å². The van der Waals surface area contributed by atoms with Crippen molar-refractivity contribution in [1.29, 1.82) is 0 Å². The average Bonchev–Trinajstić information content (AvgIpc) is 3.38. The van der Waals surface area contributed by atoms with Gasteiger partial charge < -0.3 is 0 Å². The summed E-state index contributed by atoms with van der Waals surface area (Å²) in [6, 6.07) is 25.9. The fourth-order valence-corrected chi connectivity index (χ4v) is 5.54. The minimum Gasteiger partial charge on any atom is -0.283 e. The first-order valence-corrected chi connectivity index (χ1v) is 13.5. The van der Waals surface area contributed by atoms with Crippen LogP contribution < -0.4 is 10.4 Å². The quantitative estimate of drug-likeness (QED) is 0.219. The van der Waals surface area contributed by atoms with E-state index >= 15 is 0 Å². The van der Waals surface area contributed by atoms with E-state index in [1.165, 1.54) is 16.9 Å². The van der Waals surface area contributed by atoms with E-state index in [0.29, 0.717) is 10.5 Å². The van der Waals surface area contributed by atoms with E-state index in [4.69, 9.17) is 10.1 Å². The zero-order valence-electron chi connectivity index (χ0n) is 21.0. The fraction of sp³-hybridized carbons (Fsp3) is 0.138. The van der Waals surface area contributed by atoms with Crippen molar-refractivity contribution >= 4 is 38.7 Å². The predicted octanol–water partition coefficient (Wildman–Crippen LogP) is 6.59. The summed E-state index contributed by atoms with van der Waals surface area (Å²) in [6.07, 6.45) is 0. The number of aromatic nitrogens is 3. The summed E-state index contributed by atoms with van der Waals surface area (Å²) in [5.41, 5.74) is 6.73. The normalized spacial score (nSPS) is 12.4. The summed E-state index contributed by atoms with van der Waals surface area (Å²) in [4.78, 5) is 19.0. The monoisotopic (exact) mass is 571 g/mol. The Morgan fingerprint density at radius 3 is 2.30 bits per heavy atom. The second kappa shape index (κ2) is 10.3. The van der Waals surface area contributed by atoms with Gasteiger partial charge in [-0.05, 0) is 39.0 Å². The molecule has 5 rings (SSSR count). The van der Waals surface area contributed by atoms with E-state index in [1.807, 2.05) is 90.2 Å². The first-order chi connectivity index (χ1) is 17.8. The number of hydrogen-bond donors (Lipinski definition) is 0. The third-order valence-electron chi connectivity index (χ3n) is 6.28. The maximum absolute atomic E-state index is 13.5. The molecular formula is C29H26BrN5OS. The summed E-state index contributed by atoms with van der Waals surface area (Å²) in [5, 5.41) is 7.03. The van der Waals surface area contributed by atoms with Crippen molar-refractivity contribution in [3.8, 4) is 16.9 Å². The highest BCUT2D eigenvalue weighted by molar-refractivity contribution is 9.10. The van der Waals surface area contributed by atoms with Gasteiger partial charge >= 0.3 is 0 Å². The lowest BCUT2D eigenvalue weighted by atomic mass is 10.1. The predicted molar refractivity (Wildman–Crippen MR) is 155 cm³/mol. The molecule has 0 radical (unpaired) electrons. The minimum atomic E-state index is -0.172. The van der Waals surface area contributed by atoms with Crippen LogP contribution in [0.3, 0.4) is 0 Å². The van der Waals surface area contributed by atoms with Crippen LogP contribution in [0.25, 0.3) is 16.9 Å². The summed E-state index contributed by atoms with van der Waals surface area (Å²) < 4.78 is 6.28. The maximum atomic E-state index is 13.5. The highest BCUT2D eigenvalue weighted by Gasteiger charge is 2.17. The molecule has 0 aliphatic heterocycles. The Balaban J connectivity index is 1.74. The van der Waals surface area contributed by atoms with Crippen molar-refractivity contribution in [3.63, 3.8) is 0 Å². The molecular weight excluding hydrogens is 546 g/mol. The molecule has 0 fully saturated rings. The highest BCUT2D eigenvalue weighted by atomic mass is 79.9. The fourth-order valence-electron chi connectivity index (χ4n) is 4.13. The molecule has 6 nitrogen and oxygen atoms in total. The van der Waals surface area contributed by atoms with Crippen molar-refractivity contribution in [2.75, 3.05) is 0 Å². The molecule has 2 heterocycles. The number of hydrogen-bond acceptors (Lipinski definition) is 4. The average molecular weight is 573 g/mol. The number of benzene rings is 3. The number of aryl methyl sites for hydroxylation is 1. The Kier molecular flexibility index (Phi) is 6.95. The molecule has 37 heavy (non-hydrogen) atoms. The third-order valence-corrected chi connectivity index (χ3v) is 7.79. The van der Waals surface area contributed by atoms with Crippen molar-refractivity contribution in [2.45, 2.75) is 20.8 Å². The van der Waals surface area contributed by atoms with Crippen LogP contribution in [-0.2, 0) is 7.05 Å². The molecule has 0 aliphatic carbocycles. The third kappa shape index (κ3) is 4.82. The van der Waals surface area contributed by atoms with Crippen LogP contribution in [0.4, 0.5) is 5.69 Å². The second-order valence-electron chi connectivity index (χ2n) is 8.77. The molecule has 0 unspecified atom stereocenters. The zero-order chi connectivity index (χ0) is 26.1. The molecule has 0 spiro atoms. The molecule has 0 atom stereocenters. The van der Waals surface area contributed by atoms with Crippen molar-refractivity contribution in [2.24, 2.45) is 17.1 Å². The van der Waals surface area contributed by atoms with Crippen LogP contribution in [0.5, 0.6) is 0 Å². The number of rotatable bonds is 5. The lowest BCUT2D eigenvalue weighted by molar-refractivity contribution is 0.630. The molecule has 8 heteroatoms. The second-order valence-corrected chi connectivity index (χ2v) is 10.5. The van der Waals surface area contributed by atoms with Crippen LogP contribution in [0.2, 0.25) is 0 Å². The summed E-state index contributed by atoms with van der Waals surface area (Å²) in [5.74, 6) is 0. The van der Waals surface area contributed by atoms with Gasteiger partial charge in [-0.1, -0.05) is 82.2 Å². The molecule has 5 aromatic rings. The van der Waals surface area contributed by atoms with Crippen molar-refractivity contribution in [3.05, 3.63) is 121 Å². The number of halogens is 1. The molecule has 2 aromatic heterocycles. The van der Waals surface area contributed by atoms with Crippen LogP contribution in [-0.4, -0.2) is 19.8 Å². The van der Waals surface area contributed by atoms with E-state index in [9.17, 15) is 4.79 Å². The van der Waals surface area contributed by atoms with E-state index in [1.54, 1.807) is 4.68 Å². The van der Waals surface area contributed by atoms with E-state index in [0.717, 1.165) is 38.4 Å². The van der Waals surface area contributed by atoms with Crippen molar-refractivity contribution < 1.29 is 0 Å². The number of para-hydroxylation sites is 1. The van der Waals surface area contributed by atoms with Gasteiger partial charge in [0, 0.05) is 28.0 Å². The SMILES string of the molecule is CC(=Nn1c(-c2ccc(C)cc2)csc1=Nc1c(C)n(C)n(-c2ccccc2)c1=O)c1ccccc1Br. The number of thiazole rings is 1. The topological polar surface area (TPSA) is 56.6 Å². The van der Waals surface area contributed by atoms with Crippen LogP contribution >= 0.6 is 27.3 Å². The Labute approximate surface area is 227 Å². The van der Waals surface area contributed by atoms with Gasteiger partial charge in [0.05, 0.1) is 22.8 Å². The van der Waals surface area contributed by atoms with Gasteiger partial charge in [0.25, 0.3) is 5.56 Å². The van der Waals surface area contributed by atoms with Crippen LogP contribution in [0.15, 0.2) is 104 Å². The Morgan fingerprint density at radius 2 is 1.59 bits per heavy atom. The molecule has 0 saturated carbocycles. The molecule has 0 saturated heterocycles. The minimum absolute atomic E-state index is 0.172. The maximum Gasteiger partial charge on any atom is 0.297 e. The molecule has 0 aliphatic rings. The first-order valence-electron chi connectivity index (χ1n) is 11.8. The molecule has 0 bridgehead atoms. The smallest absolute Gasteiger partial charge is 0.283 e. The summed E-state index contributed by atoms with van der Waals surface area (Å²) in [6.45, 7) is 5.95. The Morgan fingerprint density at radius 1 is 0.919 bits per heavy atom. The standard InChI is InChI=1S/C29H26BrN5OS/c1-19-14-16-22(17-15-19)26-18-37-29(34(26)32-20(2)24-12-8-9-13-25(24)30)31-27-21(3)33(4)35(28(27)36)23-10-6-5-7-11-23/h5-18H,1-4H3. The van der Waals surface area contributed by atoms with Gasteiger partial charge in [-0.25, -0.2) is 14.4 Å². The zero-order valence-corrected chi connectivity index (χ0v) is 23.4. The van der Waals surface area contributed by atoms with Gasteiger partial charge in [-0.2, -0.15) is 5.10 Å². The Bertz CT molecular complexity index is 1740. The lowest BCUT2D eigenvalue weighted by Gasteiger charge is -2.08. The molecule has 186 valence electrons. The summed E-state index contributed by atoms with van der Waals surface area (Å²) >= 11 is 5.10. The lowest BCUT2D eigenvalue weighted by Crippen LogP contribution is -2.20. The van der Waals surface area contributed by atoms with Crippen LogP contribution in [0, 0.1) is 13.8 Å². The van der Waals surface area contributed by atoms with E-state index in [2.05, 4.69) is 47.1 Å². The highest BCUT2D eigenvalue weighted by Crippen LogP contribution is 2.23. The van der Waals surface area contributed by atoms with Gasteiger partial charge in [-0.15, -0.1) is 11.3 Å². The molecule has 3 aromatic carbocycles. The van der Waals surface area contributed by atoms with Gasteiger partial charge in [0.1, 0.15) is 0 Å². The van der Waals surface area contributed by atoms with E-state index in [-0.39, 0.29) is 5.56 Å². The number of nitrogens with zero attached hydrogens (tertiary/aromatic N) is 5. The van der Waals surface area contributed by atoms with Gasteiger partial charge in [-0.3, -0.25) is 9.48 Å². The summed E-state index contributed by atoms with van der Waals surface area (Å²) in [7, 11) is 1.87. The van der Waals surface area contributed by atoms with Gasteiger partial charge in [0.15, 0.2) is 5.69 Å². The van der Waals surface area contributed by atoms with Crippen molar-refractivity contribution in [1.82, 2.24) is 14.0 Å². The largest absolute Gasteiger partial charge is 0.297 e. The Hall–Kier alpha value is -3.75. The molecule has 0 N–H and O–H groups in total. The molecule has 0 amide bonds. The van der Waals surface area contributed by atoms with Crippen LogP contribution in [0.1, 0.15) is 23.7 Å².